The summed E-state index contributed by atoms with van der Waals surface area (Å²) < 4.78 is 18.8. The summed E-state index contributed by atoms with van der Waals surface area (Å²) in [4.78, 5) is 0. The fourth-order valence-corrected chi connectivity index (χ4v) is 1.32. The van der Waals surface area contributed by atoms with Crippen molar-refractivity contribution in [3.63, 3.8) is 0 Å². The van der Waals surface area contributed by atoms with Crippen molar-refractivity contribution in [2.45, 2.75) is 0 Å². The minimum atomic E-state index is -0.429. The number of nitrogens with one attached hydrogen (secondary N) is 1. The highest BCUT2D eigenvalue weighted by atomic mass is 79.9. The standard InChI is InChI=1S/C8H6BrFN4O/c9-4-1-2-6(5(10)3-4)12-8-14-13-7(11)15-8/h1-3H,(H2,11,13)(H,12,14). The number of benzene rings is 1. The van der Waals surface area contributed by atoms with E-state index in [2.05, 4.69) is 31.4 Å². The van der Waals surface area contributed by atoms with Crippen molar-refractivity contribution in [3.8, 4) is 0 Å². The van der Waals surface area contributed by atoms with Crippen molar-refractivity contribution in [3.05, 3.63) is 28.5 Å². The molecule has 0 unspecified atom stereocenters. The fraction of sp³-hybridized carbons (Fsp3) is 0. The predicted molar refractivity (Wildman–Crippen MR) is 56.1 cm³/mol. The van der Waals surface area contributed by atoms with Crippen LogP contribution in [0.25, 0.3) is 0 Å². The number of aromatic nitrogens is 2. The summed E-state index contributed by atoms with van der Waals surface area (Å²) in [5.41, 5.74) is 5.45. The summed E-state index contributed by atoms with van der Waals surface area (Å²) in [6.07, 6.45) is 0. The minimum absolute atomic E-state index is 0.0497. The van der Waals surface area contributed by atoms with Gasteiger partial charge in [-0.25, -0.2) is 4.39 Å². The molecule has 3 N–H and O–H groups in total. The van der Waals surface area contributed by atoms with Crippen molar-refractivity contribution in [2.24, 2.45) is 0 Å². The van der Waals surface area contributed by atoms with Gasteiger partial charge in [-0.3, -0.25) is 0 Å². The summed E-state index contributed by atoms with van der Waals surface area (Å²) in [5.74, 6) is -0.429. The zero-order chi connectivity index (χ0) is 10.8. The van der Waals surface area contributed by atoms with Crippen LogP contribution in [-0.2, 0) is 0 Å². The number of nitrogens with zero attached hydrogens (tertiary/aromatic N) is 2. The van der Waals surface area contributed by atoms with E-state index in [9.17, 15) is 4.39 Å². The second kappa shape index (κ2) is 3.85. The van der Waals surface area contributed by atoms with Crippen molar-refractivity contribution in [2.75, 3.05) is 11.1 Å². The Labute approximate surface area is 92.6 Å². The van der Waals surface area contributed by atoms with Crippen LogP contribution in [0, 0.1) is 5.82 Å². The molecule has 2 rings (SSSR count). The van der Waals surface area contributed by atoms with Crippen LogP contribution in [0.1, 0.15) is 0 Å². The second-order valence-electron chi connectivity index (χ2n) is 2.69. The van der Waals surface area contributed by atoms with Gasteiger partial charge in [0.1, 0.15) is 5.82 Å². The molecule has 0 spiro atoms. The number of rotatable bonds is 2. The Bertz CT molecular complexity index is 487. The van der Waals surface area contributed by atoms with E-state index in [0.29, 0.717) is 4.47 Å². The molecule has 15 heavy (non-hydrogen) atoms. The Kier molecular flexibility index (Phi) is 2.55. The molecule has 0 fully saturated rings. The van der Waals surface area contributed by atoms with Gasteiger partial charge in [0.15, 0.2) is 0 Å². The van der Waals surface area contributed by atoms with Gasteiger partial charge in [0.05, 0.1) is 5.69 Å². The van der Waals surface area contributed by atoms with E-state index in [0.717, 1.165) is 0 Å². The summed E-state index contributed by atoms with van der Waals surface area (Å²) in [5, 5.41) is 9.57. The lowest BCUT2D eigenvalue weighted by molar-refractivity contribution is 0.588. The van der Waals surface area contributed by atoms with E-state index in [1.807, 2.05) is 0 Å². The maximum atomic E-state index is 13.3. The van der Waals surface area contributed by atoms with Gasteiger partial charge >= 0.3 is 12.0 Å². The van der Waals surface area contributed by atoms with E-state index >= 15 is 0 Å². The third kappa shape index (κ3) is 2.24. The highest BCUT2D eigenvalue weighted by Crippen LogP contribution is 2.22. The average Bonchev–Trinajstić information content (AvgIpc) is 2.56. The Hall–Kier alpha value is -1.63. The molecule has 0 aliphatic rings. The molecule has 2 aromatic rings. The predicted octanol–water partition coefficient (Wildman–Crippen LogP) is 2.30. The largest absolute Gasteiger partial charge is 0.389 e. The first-order chi connectivity index (χ1) is 7.15. The molecule has 0 saturated heterocycles. The van der Waals surface area contributed by atoms with Crippen molar-refractivity contribution in [1.29, 1.82) is 0 Å². The molecule has 0 radical (unpaired) electrons. The number of anilines is 3. The average molecular weight is 273 g/mol. The Balaban J connectivity index is 2.24. The molecular weight excluding hydrogens is 267 g/mol. The lowest BCUT2D eigenvalue weighted by Crippen LogP contribution is -1.93. The first-order valence-electron chi connectivity index (χ1n) is 3.96. The number of nitrogen functional groups attached to an aromatic ring is 1. The maximum Gasteiger partial charge on any atom is 0.321 e. The van der Waals surface area contributed by atoms with E-state index in [1.165, 1.54) is 6.07 Å². The molecule has 0 aliphatic heterocycles. The molecule has 7 heteroatoms. The molecule has 1 aromatic carbocycles. The number of hydrogen-bond acceptors (Lipinski definition) is 5. The van der Waals surface area contributed by atoms with E-state index in [4.69, 9.17) is 10.2 Å². The molecule has 5 nitrogen and oxygen atoms in total. The van der Waals surface area contributed by atoms with Gasteiger partial charge in [-0.2, -0.15) is 0 Å². The number of nitrogens with two attached hydrogens (primary N) is 1. The van der Waals surface area contributed by atoms with Crippen LogP contribution < -0.4 is 11.1 Å². The third-order valence-corrected chi connectivity index (χ3v) is 2.11. The van der Waals surface area contributed by atoms with Gasteiger partial charge in [0, 0.05) is 4.47 Å². The number of halogens is 2. The van der Waals surface area contributed by atoms with Crippen LogP contribution >= 0.6 is 15.9 Å². The molecule has 0 atom stereocenters. The molecule has 0 saturated carbocycles. The quantitative estimate of drug-likeness (QED) is 0.877. The zero-order valence-electron chi connectivity index (χ0n) is 7.37. The van der Waals surface area contributed by atoms with Crippen molar-refractivity contribution < 1.29 is 8.81 Å². The van der Waals surface area contributed by atoms with Crippen LogP contribution in [0.5, 0.6) is 0 Å². The molecule has 0 aliphatic carbocycles. The molecule has 0 bridgehead atoms. The molecule has 1 aromatic heterocycles. The van der Waals surface area contributed by atoms with Gasteiger partial charge in [-0.1, -0.05) is 26.1 Å². The lowest BCUT2D eigenvalue weighted by atomic mass is 10.3. The topological polar surface area (TPSA) is 77.0 Å². The summed E-state index contributed by atoms with van der Waals surface area (Å²) in [7, 11) is 0. The SMILES string of the molecule is Nc1nnc(Nc2ccc(Br)cc2F)o1. The van der Waals surface area contributed by atoms with Crippen LogP contribution in [0.3, 0.4) is 0 Å². The fourth-order valence-electron chi connectivity index (χ4n) is 0.991. The molecule has 0 amide bonds. The van der Waals surface area contributed by atoms with Gasteiger partial charge in [0.25, 0.3) is 0 Å². The van der Waals surface area contributed by atoms with Crippen LogP contribution in [0.2, 0.25) is 0 Å². The highest BCUT2D eigenvalue weighted by molar-refractivity contribution is 9.10. The van der Waals surface area contributed by atoms with Gasteiger partial charge in [0.2, 0.25) is 0 Å². The zero-order valence-corrected chi connectivity index (χ0v) is 8.95. The third-order valence-electron chi connectivity index (χ3n) is 1.61. The highest BCUT2D eigenvalue weighted by Gasteiger charge is 2.07. The summed E-state index contributed by atoms with van der Waals surface area (Å²) >= 11 is 3.15. The Morgan fingerprint density at radius 2 is 2.20 bits per heavy atom. The van der Waals surface area contributed by atoms with Crippen LogP contribution in [0.4, 0.5) is 22.1 Å². The summed E-state index contributed by atoms with van der Waals surface area (Å²) in [6.45, 7) is 0. The smallest absolute Gasteiger partial charge is 0.321 e. The van der Waals surface area contributed by atoms with E-state index in [1.54, 1.807) is 12.1 Å². The summed E-state index contributed by atoms with van der Waals surface area (Å²) in [6, 6.07) is 4.52. The van der Waals surface area contributed by atoms with E-state index in [-0.39, 0.29) is 17.7 Å². The molecule has 1 heterocycles. The normalized spacial score (nSPS) is 10.3. The van der Waals surface area contributed by atoms with Crippen LogP contribution in [-0.4, -0.2) is 10.2 Å². The van der Waals surface area contributed by atoms with Gasteiger partial charge < -0.3 is 15.5 Å². The van der Waals surface area contributed by atoms with Crippen molar-refractivity contribution in [1.82, 2.24) is 10.2 Å². The van der Waals surface area contributed by atoms with Crippen LogP contribution in [0.15, 0.2) is 27.1 Å². The lowest BCUT2D eigenvalue weighted by Gasteiger charge is -2.02. The van der Waals surface area contributed by atoms with Crippen molar-refractivity contribution >= 4 is 33.6 Å². The molecular formula is C8H6BrFN4O. The van der Waals surface area contributed by atoms with Gasteiger partial charge in [-0.15, -0.1) is 0 Å². The van der Waals surface area contributed by atoms with E-state index < -0.39 is 5.82 Å². The van der Waals surface area contributed by atoms with Gasteiger partial charge in [-0.05, 0) is 18.2 Å². The monoisotopic (exact) mass is 272 g/mol. The maximum absolute atomic E-state index is 13.3. The number of hydrogen-bond donors (Lipinski definition) is 2. The second-order valence-corrected chi connectivity index (χ2v) is 3.61. The first kappa shape index (κ1) is 9.91. The minimum Gasteiger partial charge on any atom is -0.389 e. The first-order valence-corrected chi connectivity index (χ1v) is 4.75. The Morgan fingerprint density at radius 3 is 2.80 bits per heavy atom. The Morgan fingerprint density at radius 1 is 1.40 bits per heavy atom. The molecule has 78 valence electrons.